The minimum Gasteiger partial charge on any atom is -0.382 e. The normalized spacial score (nSPS) is 12.5. The molecule has 37 heavy (non-hydrogen) atoms. The summed E-state index contributed by atoms with van der Waals surface area (Å²) in [7, 11) is -3.76. The van der Waals surface area contributed by atoms with Gasteiger partial charge in [-0.1, -0.05) is 68.4 Å². The van der Waals surface area contributed by atoms with Gasteiger partial charge in [-0.2, -0.15) is 0 Å². The molecule has 6 N–H and O–H groups in total. The van der Waals surface area contributed by atoms with E-state index >= 15 is 0 Å². The maximum Gasteiger partial charge on any atom is 0.228 e. The van der Waals surface area contributed by atoms with Crippen molar-refractivity contribution >= 4 is 27.3 Å². The lowest BCUT2D eigenvalue weighted by Gasteiger charge is -2.22. The number of nitrogens with one attached hydrogen (secondary N) is 2. The van der Waals surface area contributed by atoms with Crippen molar-refractivity contribution in [2.24, 2.45) is 16.7 Å². The summed E-state index contributed by atoms with van der Waals surface area (Å²) < 4.78 is 25.8. The lowest BCUT2D eigenvalue weighted by atomic mass is 9.98. The summed E-state index contributed by atoms with van der Waals surface area (Å²) in [6.45, 7) is 9.10. The van der Waals surface area contributed by atoms with Gasteiger partial charge in [0.1, 0.15) is 0 Å². The van der Waals surface area contributed by atoms with Crippen molar-refractivity contribution < 1.29 is 13.2 Å². The van der Waals surface area contributed by atoms with Crippen LogP contribution in [-0.4, -0.2) is 24.9 Å². The second kappa shape index (κ2) is 11.1. The van der Waals surface area contributed by atoms with E-state index in [-0.39, 0.29) is 28.7 Å². The molecule has 0 radical (unpaired) electrons. The van der Waals surface area contributed by atoms with Crippen molar-refractivity contribution in [3.05, 3.63) is 83.4 Å². The molecule has 0 heterocycles. The van der Waals surface area contributed by atoms with Crippen LogP contribution in [0.3, 0.4) is 0 Å². The summed E-state index contributed by atoms with van der Waals surface area (Å²) in [5.41, 5.74) is 12.5. The number of nitrogens with two attached hydrogens (primary N) is 2. The highest BCUT2D eigenvalue weighted by Gasteiger charge is 2.33. The highest BCUT2D eigenvalue weighted by molar-refractivity contribution is 7.93. The molecule has 0 saturated carbocycles. The Labute approximate surface area is 219 Å². The Morgan fingerprint density at radius 2 is 1.65 bits per heavy atom. The third-order valence-corrected chi connectivity index (χ3v) is 8.61. The van der Waals surface area contributed by atoms with Crippen LogP contribution in [0.25, 0.3) is 11.1 Å². The predicted octanol–water partition coefficient (Wildman–Crippen LogP) is 4.31. The zero-order valence-corrected chi connectivity index (χ0v) is 22.7. The van der Waals surface area contributed by atoms with Crippen molar-refractivity contribution in [1.82, 2.24) is 5.53 Å². The number of hydrazone groups is 1. The van der Waals surface area contributed by atoms with Gasteiger partial charge in [-0.05, 0) is 61.1 Å². The summed E-state index contributed by atoms with van der Waals surface area (Å²) in [6.07, 6.45) is 0.107. The van der Waals surface area contributed by atoms with Crippen LogP contribution in [0.15, 0.2) is 76.7 Å². The topological polar surface area (TPSA) is 140 Å². The van der Waals surface area contributed by atoms with Gasteiger partial charge in [0.15, 0.2) is 15.7 Å². The molecule has 8 nitrogen and oxygen atoms in total. The molecule has 3 aromatic carbocycles. The van der Waals surface area contributed by atoms with Gasteiger partial charge in [-0.3, -0.25) is 4.79 Å². The summed E-state index contributed by atoms with van der Waals surface area (Å²) >= 11 is 0. The number of nitrogens with zero attached hydrogens (tertiary/aromatic N) is 1. The number of amides is 1. The molecule has 0 aliphatic rings. The number of benzene rings is 3. The number of amidine groups is 1. The lowest BCUT2D eigenvalue weighted by Crippen LogP contribution is -2.29. The fraction of sp³-hybridized carbons (Fsp3) is 0.286. The highest BCUT2D eigenvalue weighted by Crippen LogP contribution is 2.35. The van der Waals surface area contributed by atoms with Crippen molar-refractivity contribution in [2.45, 2.75) is 56.6 Å². The molecular weight excluding hydrogens is 486 g/mol. The monoisotopic (exact) mass is 521 g/mol. The smallest absolute Gasteiger partial charge is 0.228 e. The fourth-order valence-corrected chi connectivity index (χ4v) is 5.15. The van der Waals surface area contributed by atoms with E-state index in [0.29, 0.717) is 22.6 Å². The SMILES string of the molecule is CC(C)c1ccc(CC(=O)Nc2cc(-c3ccccc3/C(N)=N/NN)ccc2S(=O)(=O)C(C)(C)C)cc1. The van der Waals surface area contributed by atoms with Crippen LogP contribution in [0.5, 0.6) is 0 Å². The first-order chi connectivity index (χ1) is 17.3. The van der Waals surface area contributed by atoms with E-state index in [2.05, 4.69) is 29.8 Å². The van der Waals surface area contributed by atoms with Gasteiger partial charge >= 0.3 is 0 Å². The Balaban J connectivity index is 2.06. The van der Waals surface area contributed by atoms with Gasteiger partial charge in [-0.25, -0.2) is 19.8 Å². The zero-order chi connectivity index (χ0) is 27.4. The number of anilines is 1. The average Bonchev–Trinajstić information content (AvgIpc) is 2.83. The number of hydrogen-bond donors (Lipinski definition) is 4. The van der Waals surface area contributed by atoms with Crippen LogP contribution >= 0.6 is 0 Å². The Bertz CT molecular complexity index is 1410. The lowest BCUT2D eigenvalue weighted by molar-refractivity contribution is -0.115. The quantitative estimate of drug-likeness (QED) is 0.151. The first-order valence-electron chi connectivity index (χ1n) is 12.0. The second-order valence-corrected chi connectivity index (χ2v) is 12.8. The Morgan fingerprint density at radius 3 is 2.24 bits per heavy atom. The standard InChI is InChI=1S/C28H35N5O3S/c1-18(2)20-12-10-19(11-13-20)16-26(34)31-24-17-21(14-15-25(24)37(35,36)28(3,4)5)22-8-6-7-9-23(22)27(29)32-33-30/h6-15,17-18,33H,16,30H2,1-5H3,(H2,29,32)(H,31,34). The van der Waals surface area contributed by atoms with Crippen LogP contribution in [0.4, 0.5) is 5.69 Å². The largest absolute Gasteiger partial charge is 0.382 e. The number of carbonyl (C=O) groups excluding carboxylic acids is 1. The Hall–Kier alpha value is -3.69. The molecule has 0 spiro atoms. The first-order valence-corrected chi connectivity index (χ1v) is 13.5. The third kappa shape index (κ3) is 6.36. The Morgan fingerprint density at radius 1 is 1.00 bits per heavy atom. The zero-order valence-electron chi connectivity index (χ0n) is 21.9. The van der Waals surface area contributed by atoms with E-state index in [1.165, 1.54) is 11.6 Å². The number of hydrazine groups is 1. The van der Waals surface area contributed by atoms with E-state index in [4.69, 9.17) is 11.6 Å². The Kier molecular flexibility index (Phi) is 8.40. The first kappa shape index (κ1) is 27.9. The van der Waals surface area contributed by atoms with Gasteiger partial charge in [0.2, 0.25) is 5.91 Å². The average molecular weight is 522 g/mol. The second-order valence-electron chi connectivity index (χ2n) is 10.1. The van der Waals surface area contributed by atoms with E-state index in [1.54, 1.807) is 39.0 Å². The van der Waals surface area contributed by atoms with Crippen molar-refractivity contribution in [1.29, 1.82) is 0 Å². The number of rotatable bonds is 8. The maximum absolute atomic E-state index is 13.4. The highest BCUT2D eigenvalue weighted by atomic mass is 32.2. The molecule has 3 rings (SSSR count). The molecule has 0 saturated heterocycles. The van der Waals surface area contributed by atoms with Gasteiger partial charge in [0, 0.05) is 5.56 Å². The van der Waals surface area contributed by atoms with Crippen LogP contribution in [-0.2, 0) is 21.1 Å². The molecule has 0 atom stereocenters. The van der Waals surface area contributed by atoms with Gasteiger partial charge in [0.25, 0.3) is 0 Å². The van der Waals surface area contributed by atoms with Gasteiger partial charge in [0.05, 0.1) is 21.8 Å². The number of hydrogen-bond acceptors (Lipinski definition) is 6. The number of sulfone groups is 1. The minimum absolute atomic E-state index is 0.0509. The van der Waals surface area contributed by atoms with Crippen molar-refractivity contribution in [3.8, 4) is 11.1 Å². The molecule has 0 aliphatic heterocycles. The summed E-state index contributed by atoms with van der Waals surface area (Å²) in [4.78, 5) is 13.1. The molecule has 1 amide bonds. The number of carbonyl (C=O) groups is 1. The fourth-order valence-electron chi connectivity index (χ4n) is 3.85. The van der Waals surface area contributed by atoms with Crippen molar-refractivity contribution in [3.63, 3.8) is 0 Å². The van der Waals surface area contributed by atoms with Crippen molar-refractivity contribution in [2.75, 3.05) is 5.32 Å². The van der Waals surface area contributed by atoms with E-state index in [9.17, 15) is 13.2 Å². The molecule has 0 unspecified atom stereocenters. The molecule has 196 valence electrons. The van der Waals surface area contributed by atoms with Crippen LogP contribution in [0.2, 0.25) is 0 Å². The van der Waals surface area contributed by atoms with E-state index in [1.807, 2.05) is 42.5 Å². The van der Waals surface area contributed by atoms with Crippen LogP contribution < -0.4 is 22.4 Å². The summed E-state index contributed by atoms with van der Waals surface area (Å²) in [5, 5.41) is 6.71. The summed E-state index contributed by atoms with van der Waals surface area (Å²) in [6, 6.07) is 20.0. The maximum atomic E-state index is 13.4. The molecule has 0 aliphatic carbocycles. The van der Waals surface area contributed by atoms with E-state index in [0.717, 1.165) is 5.56 Å². The predicted molar refractivity (Wildman–Crippen MR) is 150 cm³/mol. The molecule has 0 bridgehead atoms. The molecule has 0 fully saturated rings. The van der Waals surface area contributed by atoms with Gasteiger partial charge in [-0.15, -0.1) is 5.10 Å². The molecule has 9 heteroatoms. The third-order valence-electron chi connectivity index (χ3n) is 6.06. The van der Waals surface area contributed by atoms with Crippen LogP contribution in [0.1, 0.15) is 57.2 Å². The van der Waals surface area contributed by atoms with Gasteiger partial charge < -0.3 is 11.1 Å². The minimum atomic E-state index is -3.76. The van der Waals surface area contributed by atoms with Crippen LogP contribution in [0, 0.1) is 0 Å². The molecular formula is C28H35N5O3S. The van der Waals surface area contributed by atoms with E-state index < -0.39 is 14.6 Å². The molecule has 3 aromatic rings. The molecule has 0 aromatic heterocycles. The summed E-state index contributed by atoms with van der Waals surface area (Å²) in [5.74, 6) is 5.53.